The lowest BCUT2D eigenvalue weighted by Gasteiger charge is -2.57. The molecule has 0 amide bonds. The van der Waals surface area contributed by atoms with Crippen molar-refractivity contribution in [3.05, 3.63) is 64.7 Å². The topological polar surface area (TPSA) is 66.1 Å². The largest absolute Gasteiger partial charge is 0.366 e. The predicted octanol–water partition coefficient (Wildman–Crippen LogP) is 4.54. The van der Waals surface area contributed by atoms with Gasteiger partial charge in [-0.05, 0) is 62.5 Å². The number of benzene rings is 2. The van der Waals surface area contributed by atoms with Crippen molar-refractivity contribution >= 4 is 17.3 Å². The molecule has 0 bridgehead atoms. The maximum atomic E-state index is 9.54. The Balaban J connectivity index is 1.13. The van der Waals surface area contributed by atoms with Gasteiger partial charge in [-0.25, -0.2) is 0 Å². The number of nitrogens with zero attached hydrogens (tertiary/aromatic N) is 4. The minimum Gasteiger partial charge on any atom is -0.366 e. The molecule has 2 heterocycles. The number of piperidine rings is 1. The summed E-state index contributed by atoms with van der Waals surface area (Å²) in [4.78, 5) is 4.73. The van der Waals surface area contributed by atoms with Gasteiger partial charge in [0.1, 0.15) is 6.07 Å². The van der Waals surface area contributed by atoms with Gasteiger partial charge in [-0.3, -0.25) is 4.90 Å². The normalized spacial score (nSPS) is 24.5. The molecule has 2 atom stereocenters. The van der Waals surface area contributed by atoms with Crippen LogP contribution in [0.1, 0.15) is 42.7 Å². The molecule has 1 aliphatic carbocycles. The highest BCUT2D eigenvalue weighted by molar-refractivity contribution is 6.32. The number of rotatable bonds is 7. The molecule has 2 aromatic rings. The number of anilines is 1. The highest BCUT2D eigenvalue weighted by Gasteiger charge is 2.49. The van der Waals surface area contributed by atoms with E-state index in [0.29, 0.717) is 34.9 Å². The molecule has 1 saturated carbocycles. The Kier molecular flexibility index (Phi) is 6.30. The number of hydrogen-bond donors (Lipinski definition) is 1. The maximum Gasteiger partial charge on any atom is 0.103 e. The van der Waals surface area contributed by atoms with Crippen molar-refractivity contribution in [3.8, 4) is 12.1 Å². The molecule has 5 nitrogen and oxygen atoms in total. The Morgan fingerprint density at radius 1 is 1.03 bits per heavy atom. The second-order valence-electron chi connectivity index (χ2n) is 9.86. The van der Waals surface area contributed by atoms with Crippen LogP contribution in [0.5, 0.6) is 0 Å². The molecule has 2 unspecified atom stereocenters. The third-order valence-electron chi connectivity index (χ3n) is 7.79. The lowest BCUT2D eigenvalue weighted by atomic mass is 9.81. The fraction of sp³-hybridized carbons (Fsp3) is 0.481. The Hall–Kier alpha value is -2.57. The predicted molar refractivity (Wildman–Crippen MR) is 131 cm³/mol. The first-order chi connectivity index (χ1) is 16.1. The second kappa shape index (κ2) is 9.35. The minimum atomic E-state index is -0.114. The molecule has 33 heavy (non-hydrogen) atoms. The van der Waals surface area contributed by atoms with Gasteiger partial charge in [0.05, 0.1) is 34.3 Å². The number of nitriles is 2. The highest BCUT2D eigenvalue weighted by Crippen LogP contribution is 2.42. The monoisotopic (exact) mass is 459 g/mol. The van der Waals surface area contributed by atoms with Crippen LogP contribution in [0.25, 0.3) is 0 Å². The Morgan fingerprint density at radius 2 is 1.79 bits per heavy atom. The van der Waals surface area contributed by atoms with Crippen LogP contribution in [0, 0.1) is 28.6 Å². The van der Waals surface area contributed by atoms with Gasteiger partial charge in [0.2, 0.25) is 0 Å². The van der Waals surface area contributed by atoms with Crippen molar-refractivity contribution < 1.29 is 0 Å². The van der Waals surface area contributed by atoms with Crippen molar-refractivity contribution in [1.82, 2.24) is 10.2 Å². The summed E-state index contributed by atoms with van der Waals surface area (Å²) in [5.41, 5.74) is 2.76. The molecule has 170 valence electrons. The van der Waals surface area contributed by atoms with Gasteiger partial charge < -0.3 is 10.2 Å². The number of nitrogens with one attached hydrogen (secondary N) is 1. The maximum absolute atomic E-state index is 9.54. The molecule has 3 aliphatic rings. The summed E-state index contributed by atoms with van der Waals surface area (Å²) < 4.78 is 0. The smallest absolute Gasteiger partial charge is 0.103 e. The quantitative estimate of drug-likeness (QED) is 0.658. The molecule has 5 rings (SSSR count). The zero-order chi connectivity index (χ0) is 22.8. The van der Waals surface area contributed by atoms with Crippen LogP contribution in [0.2, 0.25) is 5.02 Å². The first-order valence-corrected chi connectivity index (χ1v) is 12.4. The first-order valence-electron chi connectivity index (χ1n) is 12.0. The third-order valence-corrected chi connectivity index (χ3v) is 8.11. The molecule has 6 heteroatoms. The van der Waals surface area contributed by atoms with Crippen molar-refractivity contribution in [2.45, 2.75) is 43.2 Å². The second-order valence-corrected chi connectivity index (χ2v) is 10.3. The van der Waals surface area contributed by atoms with Crippen LogP contribution in [-0.2, 0) is 0 Å². The molecular weight excluding hydrogens is 430 g/mol. The summed E-state index contributed by atoms with van der Waals surface area (Å²) in [7, 11) is 0. The zero-order valence-electron chi connectivity index (χ0n) is 18.9. The van der Waals surface area contributed by atoms with E-state index in [2.05, 4.69) is 57.6 Å². The van der Waals surface area contributed by atoms with E-state index in [1.165, 1.54) is 24.8 Å². The third kappa shape index (κ3) is 4.46. The van der Waals surface area contributed by atoms with E-state index in [1.54, 1.807) is 6.07 Å². The van der Waals surface area contributed by atoms with E-state index in [0.717, 1.165) is 38.4 Å². The van der Waals surface area contributed by atoms with Crippen LogP contribution in [0.3, 0.4) is 0 Å². The van der Waals surface area contributed by atoms with Crippen molar-refractivity contribution in [2.75, 3.05) is 37.6 Å². The van der Waals surface area contributed by atoms with Crippen molar-refractivity contribution in [2.24, 2.45) is 5.92 Å². The fourth-order valence-corrected chi connectivity index (χ4v) is 5.92. The minimum absolute atomic E-state index is 0.114. The summed E-state index contributed by atoms with van der Waals surface area (Å²) >= 11 is 6.23. The average Bonchev–Trinajstić information content (AvgIpc) is 3.60. The summed E-state index contributed by atoms with van der Waals surface area (Å²) in [6, 6.07) is 21.7. The molecule has 1 N–H and O–H groups in total. The van der Waals surface area contributed by atoms with Crippen LogP contribution in [0.15, 0.2) is 48.5 Å². The molecular formula is C27H30ClN5. The van der Waals surface area contributed by atoms with Crippen LogP contribution in [0.4, 0.5) is 5.69 Å². The van der Waals surface area contributed by atoms with E-state index in [9.17, 15) is 10.5 Å². The van der Waals surface area contributed by atoms with Gasteiger partial charge >= 0.3 is 0 Å². The van der Waals surface area contributed by atoms with Gasteiger partial charge in [0.25, 0.3) is 0 Å². The van der Waals surface area contributed by atoms with Crippen LogP contribution in [-0.4, -0.2) is 49.2 Å². The van der Waals surface area contributed by atoms with Gasteiger partial charge in [0.15, 0.2) is 0 Å². The molecule has 2 aliphatic heterocycles. The molecule has 0 aromatic heterocycles. The van der Waals surface area contributed by atoms with Gasteiger partial charge in [-0.1, -0.05) is 48.0 Å². The molecule has 0 spiro atoms. The Morgan fingerprint density at radius 3 is 2.48 bits per heavy atom. The van der Waals surface area contributed by atoms with Gasteiger partial charge in [0, 0.05) is 25.0 Å². The number of likely N-dealkylation sites (tertiary alicyclic amines) is 1. The average molecular weight is 460 g/mol. The fourth-order valence-electron chi connectivity index (χ4n) is 5.71. The highest BCUT2D eigenvalue weighted by atomic mass is 35.5. The van der Waals surface area contributed by atoms with E-state index < -0.39 is 0 Å². The van der Waals surface area contributed by atoms with E-state index in [1.807, 2.05) is 12.1 Å². The summed E-state index contributed by atoms with van der Waals surface area (Å²) in [6.45, 7) is 4.72. The summed E-state index contributed by atoms with van der Waals surface area (Å²) in [5, 5.41) is 23.4. The Labute approximate surface area is 201 Å². The van der Waals surface area contributed by atoms with Crippen LogP contribution >= 0.6 is 11.6 Å². The van der Waals surface area contributed by atoms with Crippen molar-refractivity contribution in [1.29, 1.82) is 10.5 Å². The van der Waals surface area contributed by atoms with E-state index >= 15 is 0 Å². The van der Waals surface area contributed by atoms with E-state index in [-0.39, 0.29) is 5.54 Å². The van der Waals surface area contributed by atoms with Crippen molar-refractivity contribution in [3.63, 3.8) is 0 Å². The first kappa shape index (κ1) is 22.2. The molecule has 3 fully saturated rings. The number of hydrogen-bond acceptors (Lipinski definition) is 5. The van der Waals surface area contributed by atoms with Crippen LogP contribution < -0.4 is 10.2 Å². The lowest BCUT2D eigenvalue weighted by Crippen LogP contribution is -2.71. The Bertz CT molecular complexity index is 1060. The SMILES string of the molecule is N#CCC1(N2CCC(CNC3CC3c3ccccc3)CC2)CN(c2cccc(Cl)c2C#N)C1. The lowest BCUT2D eigenvalue weighted by molar-refractivity contribution is 0.0299. The standard InChI is InChI=1S/C27H30ClN5/c28-24-7-4-8-26(23(24)16-30)32-18-27(19-32,11-12-29)33-13-9-20(10-14-33)17-31-25-15-22(25)21-5-2-1-3-6-21/h1-8,20,22,25,31H,9-11,13-15,17-19H2. The molecule has 0 radical (unpaired) electrons. The summed E-state index contributed by atoms with van der Waals surface area (Å²) in [5.74, 6) is 1.38. The van der Waals surface area contributed by atoms with Gasteiger partial charge in [-0.15, -0.1) is 0 Å². The van der Waals surface area contributed by atoms with Gasteiger partial charge in [-0.2, -0.15) is 10.5 Å². The van der Waals surface area contributed by atoms with E-state index in [4.69, 9.17) is 11.6 Å². The molecule has 2 aromatic carbocycles. The zero-order valence-corrected chi connectivity index (χ0v) is 19.6. The summed E-state index contributed by atoms with van der Waals surface area (Å²) in [6.07, 6.45) is 4.11. The number of halogens is 1. The molecule has 2 saturated heterocycles.